The van der Waals surface area contributed by atoms with Crippen molar-refractivity contribution in [2.24, 2.45) is 11.8 Å². The Bertz CT molecular complexity index is 523. The fourth-order valence-electron chi connectivity index (χ4n) is 3.68. The van der Waals surface area contributed by atoms with E-state index in [0.29, 0.717) is 19.1 Å². The number of carboxylic acid groups (broad SMARTS) is 1. The lowest BCUT2D eigenvalue weighted by molar-refractivity contribution is -0.192. The highest BCUT2D eigenvalue weighted by Gasteiger charge is 2.45. The van der Waals surface area contributed by atoms with E-state index in [1.807, 2.05) is 4.90 Å². The average molecular weight is 396 g/mol. The molecule has 3 atom stereocenters. The van der Waals surface area contributed by atoms with Gasteiger partial charge in [0.25, 0.3) is 0 Å². The molecule has 3 rings (SSSR count). The second-order valence-corrected chi connectivity index (χ2v) is 7.49. The van der Waals surface area contributed by atoms with Gasteiger partial charge in [0.1, 0.15) is 0 Å². The van der Waals surface area contributed by atoms with E-state index >= 15 is 0 Å². The first-order chi connectivity index (χ1) is 12.6. The van der Waals surface area contributed by atoms with Gasteiger partial charge in [-0.1, -0.05) is 13.8 Å². The molecule has 3 aliphatic rings. The SMILES string of the molecule is CC(C)CN1C[C@H]2C[C@H](C(=O)N3CCOCC3)[C@@H](C1)O2.O=C(O)C(F)(F)F. The summed E-state index contributed by atoms with van der Waals surface area (Å²) in [5, 5.41) is 7.12. The van der Waals surface area contributed by atoms with Crippen molar-refractivity contribution in [3.63, 3.8) is 0 Å². The summed E-state index contributed by atoms with van der Waals surface area (Å²) in [7, 11) is 0. The van der Waals surface area contributed by atoms with Gasteiger partial charge in [-0.2, -0.15) is 13.2 Å². The lowest BCUT2D eigenvalue weighted by Crippen LogP contribution is -2.48. The maximum Gasteiger partial charge on any atom is 0.490 e. The van der Waals surface area contributed by atoms with Gasteiger partial charge < -0.3 is 19.5 Å². The fraction of sp³-hybridized carbons (Fsp3) is 0.882. The number of amides is 1. The van der Waals surface area contributed by atoms with Gasteiger partial charge in [-0.25, -0.2) is 4.79 Å². The van der Waals surface area contributed by atoms with Crippen LogP contribution >= 0.6 is 0 Å². The number of hydrogen-bond acceptors (Lipinski definition) is 5. The van der Waals surface area contributed by atoms with Crippen LogP contribution in [0, 0.1) is 11.8 Å². The quantitative estimate of drug-likeness (QED) is 0.773. The first-order valence-corrected chi connectivity index (χ1v) is 9.12. The van der Waals surface area contributed by atoms with Crippen LogP contribution in [0.4, 0.5) is 13.2 Å². The second kappa shape index (κ2) is 9.20. The summed E-state index contributed by atoms with van der Waals surface area (Å²) in [6.45, 7) is 10.3. The Hall–Kier alpha value is -1.39. The normalized spacial score (nSPS) is 28.7. The average Bonchev–Trinajstić information content (AvgIpc) is 2.88. The van der Waals surface area contributed by atoms with Crippen molar-refractivity contribution in [3.05, 3.63) is 0 Å². The highest BCUT2D eigenvalue weighted by atomic mass is 19.4. The minimum absolute atomic E-state index is 0.0651. The fourth-order valence-corrected chi connectivity index (χ4v) is 3.68. The van der Waals surface area contributed by atoms with Crippen LogP contribution in [0.15, 0.2) is 0 Å². The molecule has 0 aliphatic carbocycles. The molecule has 0 aromatic heterocycles. The predicted molar refractivity (Wildman–Crippen MR) is 89.1 cm³/mol. The van der Waals surface area contributed by atoms with Crippen LogP contribution in [0.1, 0.15) is 20.3 Å². The number of fused-ring (bicyclic) bond motifs is 2. The van der Waals surface area contributed by atoms with Gasteiger partial charge in [0.2, 0.25) is 5.91 Å². The van der Waals surface area contributed by atoms with Gasteiger partial charge in [-0.3, -0.25) is 9.69 Å². The van der Waals surface area contributed by atoms with Crippen LogP contribution in [-0.2, 0) is 19.1 Å². The van der Waals surface area contributed by atoms with Gasteiger partial charge in [0, 0.05) is 32.7 Å². The summed E-state index contributed by atoms with van der Waals surface area (Å²) < 4.78 is 43.1. The van der Waals surface area contributed by atoms with Crippen LogP contribution in [0.25, 0.3) is 0 Å². The summed E-state index contributed by atoms with van der Waals surface area (Å²) in [4.78, 5) is 26.0. The number of rotatable bonds is 3. The summed E-state index contributed by atoms with van der Waals surface area (Å²) >= 11 is 0. The maximum atomic E-state index is 12.6. The molecule has 156 valence electrons. The number of halogens is 3. The first kappa shape index (κ1) is 21.9. The van der Waals surface area contributed by atoms with E-state index in [-0.39, 0.29) is 24.0 Å². The minimum atomic E-state index is -5.08. The number of aliphatic carboxylic acids is 1. The molecule has 0 aromatic rings. The molecule has 3 aliphatic heterocycles. The zero-order valence-electron chi connectivity index (χ0n) is 15.6. The molecule has 1 amide bonds. The highest BCUT2D eigenvalue weighted by molar-refractivity contribution is 5.80. The number of morpholine rings is 2. The second-order valence-electron chi connectivity index (χ2n) is 7.49. The highest BCUT2D eigenvalue weighted by Crippen LogP contribution is 2.33. The Morgan fingerprint density at radius 3 is 2.30 bits per heavy atom. The molecule has 3 fully saturated rings. The predicted octanol–water partition coefficient (Wildman–Crippen LogP) is 1.22. The topological polar surface area (TPSA) is 79.3 Å². The molecule has 1 N–H and O–H groups in total. The third-order valence-electron chi connectivity index (χ3n) is 4.74. The molecule has 7 nitrogen and oxygen atoms in total. The van der Waals surface area contributed by atoms with E-state index in [1.165, 1.54) is 0 Å². The van der Waals surface area contributed by atoms with Crippen molar-refractivity contribution >= 4 is 11.9 Å². The molecule has 10 heteroatoms. The van der Waals surface area contributed by atoms with Crippen molar-refractivity contribution in [2.75, 3.05) is 45.9 Å². The third kappa shape index (κ3) is 6.32. The number of ether oxygens (including phenoxy) is 2. The minimum Gasteiger partial charge on any atom is -0.475 e. The van der Waals surface area contributed by atoms with E-state index in [2.05, 4.69) is 18.7 Å². The van der Waals surface area contributed by atoms with E-state index < -0.39 is 12.1 Å². The van der Waals surface area contributed by atoms with Crippen LogP contribution in [0.2, 0.25) is 0 Å². The van der Waals surface area contributed by atoms with E-state index in [1.54, 1.807) is 0 Å². The monoisotopic (exact) mass is 396 g/mol. The van der Waals surface area contributed by atoms with Crippen LogP contribution in [0.5, 0.6) is 0 Å². The van der Waals surface area contributed by atoms with Gasteiger partial charge in [-0.05, 0) is 12.3 Å². The standard InChI is InChI=1S/C15H26N2O3.C2HF3O2/c1-11(2)8-16-9-12-7-13(14(10-16)20-12)15(18)17-3-5-19-6-4-17;3-2(4,5)1(6)7/h11-14H,3-10H2,1-2H3;(H,6,7)/t12-,13+,14-;/m1./s1. The summed E-state index contributed by atoms with van der Waals surface area (Å²) in [6, 6.07) is 0. The summed E-state index contributed by atoms with van der Waals surface area (Å²) in [5.41, 5.74) is 0. The van der Waals surface area contributed by atoms with Crippen molar-refractivity contribution in [3.8, 4) is 0 Å². The zero-order valence-corrected chi connectivity index (χ0v) is 15.6. The number of carbonyl (C=O) groups is 2. The zero-order chi connectivity index (χ0) is 20.2. The summed E-state index contributed by atoms with van der Waals surface area (Å²) in [6.07, 6.45) is -3.83. The Kier molecular flexibility index (Phi) is 7.47. The maximum absolute atomic E-state index is 12.6. The number of likely N-dealkylation sites (tertiary alicyclic amines) is 1. The molecule has 0 radical (unpaired) electrons. The number of alkyl halides is 3. The van der Waals surface area contributed by atoms with E-state index in [4.69, 9.17) is 19.4 Å². The van der Waals surface area contributed by atoms with Gasteiger partial charge in [-0.15, -0.1) is 0 Å². The molecule has 0 unspecified atom stereocenters. The Morgan fingerprint density at radius 2 is 1.78 bits per heavy atom. The van der Waals surface area contributed by atoms with Gasteiger partial charge in [0.05, 0.1) is 31.3 Å². The van der Waals surface area contributed by atoms with Crippen LogP contribution in [-0.4, -0.2) is 91.1 Å². The number of carbonyl (C=O) groups excluding carboxylic acids is 1. The lowest BCUT2D eigenvalue weighted by Gasteiger charge is -2.34. The molecule has 27 heavy (non-hydrogen) atoms. The molecule has 3 saturated heterocycles. The lowest BCUT2D eigenvalue weighted by atomic mass is 9.98. The van der Waals surface area contributed by atoms with E-state index in [9.17, 15) is 18.0 Å². The first-order valence-electron chi connectivity index (χ1n) is 9.12. The third-order valence-corrected chi connectivity index (χ3v) is 4.74. The Morgan fingerprint density at radius 1 is 1.19 bits per heavy atom. The number of hydrogen-bond donors (Lipinski definition) is 1. The molecule has 2 bridgehead atoms. The molecular formula is C17H27F3N2O5. The van der Waals surface area contributed by atoms with Crippen molar-refractivity contribution in [1.29, 1.82) is 0 Å². The van der Waals surface area contributed by atoms with Crippen LogP contribution < -0.4 is 0 Å². The number of carboxylic acids is 1. The van der Waals surface area contributed by atoms with E-state index in [0.717, 1.165) is 39.1 Å². The summed E-state index contributed by atoms with van der Waals surface area (Å²) in [5.74, 6) is -1.74. The van der Waals surface area contributed by atoms with Crippen LogP contribution in [0.3, 0.4) is 0 Å². The van der Waals surface area contributed by atoms with Gasteiger partial charge >= 0.3 is 12.1 Å². The van der Waals surface area contributed by atoms with Gasteiger partial charge in [0.15, 0.2) is 0 Å². The molecule has 0 saturated carbocycles. The largest absolute Gasteiger partial charge is 0.490 e. The number of nitrogens with zero attached hydrogens (tertiary/aromatic N) is 2. The molecular weight excluding hydrogens is 369 g/mol. The van der Waals surface area contributed by atoms with Crippen molar-refractivity contribution < 1.29 is 37.3 Å². The Labute approximate surface area is 156 Å². The molecule has 3 heterocycles. The molecule has 0 spiro atoms. The Balaban J connectivity index is 0.000000321. The molecule has 0 aromatic carbocycles. The van der Waals surface area contributed by atoms with Crippen molar-refractivity contribution in [1.82, 2.24) is 9.80 Å². The van der Waals surface area contributed by atoms with Crippen molar-refractivity contribution in [2.45, 2.75) is 38.7 Å². The smallest absolute Gasteiger partial charge is 0.475 e.